The van der Waals surface area contributed by atoms with Crippen LogP contribution in [-0.4, -0.2) is 43.8 Å². The summed E-state index contributed by atoms with van der Waals surface area (Å²) >= 11 is 0. The van der Waals surface area contributed by atoms with Crippen LogP contribution in [0.2, 0.25) is 0 Å². The topological polar surface area (TPSA) is 15.3 Å². The van der Waals surface area contributed by atoms with Gasteiger partial charge in [-0.3, -0.25) is 0 Å². The third-order valence-electron chi connectivity index (χ3n) is 3.43. The smallest absolute Gasteiger partial charge is 0.103 e. The fraction of sp³-hybridized carbons (Fsp3) is 1.00. The zero-order valence-electron chi connectivity index (χ0n) is 8.84. The van der Waals surface area contributed by atoms with E-state index in [0.29, 0.717) is 0 Å². The van der Waals surface area contributed by atoms with Crippen LogP contribution in [0.5, 0.6) is 0 Å². The molecule has 0 spiro atoms. The van der Waals surface area contributed by atoms with Crippen LogP contribution in [-0.2, 0) is 0 Å². The van der Waals surface area contributed by atoms with Crippen LogP contribution in [0, 0.1) is 5.92 Å². The number of hydrogen-bond donors (Lipinski definition) is 1. The molecule has 0 saturated carbocycles. The van der Waals surface area contributed by atoms with Gasteiger partial charge in [0.1, 0.15) is 6.17 Å². The summed E-state index contributed by atoms with van der Waals surface area (Å²) in [6.07, 6.45) is 3.63. The molecule has 2 heterocycles. The van der Waals surface area contributed by atoms with Crippen LogP contribution >= 0.6 is 0 Å². The molecule has 0 bridgehead atoms. The van der Waals surface area contributed by atoms with Crippen molar-refractivity contribution in [2.24, 2.45) is 5.92 Å². The van der Waals surface area contributed by atoms with Crippen molar-refractivity contribution in [2.45, 2.75) is 31.9 Å². The van der Waals surface area contributed by atoms with E-state index in [-0.39, 0.29) is 0 Å². The predicted molar refractivity (Wildman–Crippen MR) is 56.2 cm³/mol. The van der Waals surface area contributed by atoms with Crippen LogP contribution in [0.1, 0.15) is 25.7 Å². The lowest BCUT2D eigenvalue weighted by molar-refractivity contribution is 0.127. The van der Waals surface area contributed by atoms with Crippen LogP contribution < -0.4 is 5.32 Å². The average molecular weight is 200 g/mol. The first kappa shape index (κ1) is 10.4. The number of piperidine rings is 2. The zero-order valence-corrected chi connectivity index (χ0v) is 8.84. The number of halogens is 1. The SMILES string of the molecule is FC1CCN(CC2CCCNC2)CC1. The second kappa shape index (κ2) is 5.08. The van der Waals surface area contributed by atoms with E-state index in [4.69, 9.17) is 0 Å². The molecule has 2 saturated heterocycles. The molecular formula is C11H21FN2. The Kier molecular flexibility index (Phi) is 3.76. The molecule has 0 radical (unpaired) electrons. The third-order valence-corrected chi connectivity index (χ3v) is 3.43. The van der Waals surface area contributed by atoms with Gasteiger partial charge in [0.05, 0.1) is 0 Å². The standard InChI is InChI=1S/C11H21FN2/c12-11-3-6-14(7-4-11)9-10-2-1-5-13-8-10/h10-11,13H,1-9H2. The molecule has 2 aliphatic rings. The average Bonchev–Trinajstić information content (AvgIpc) is 2.23. The van der Waals surface area contributed by atoms with Gasteiger partial charge in [-0.1, -0.05) is 0 Å². The first-order valence-corrected chi connectivity index (χ1v) is 5.92. The third kappa shape index (κ3) is 2.92. The summed E-state index contributed by atoms with van der Waals surface area (Å²) in [7, 11) is 0. The molecule has 0 aromatic heterocycles. The maximum absolute atomic E-state index is 12.9. The molecule has 2 nitrogen and oxygen atoms in total. The maximum Gasteiger partial charge on any atom is 0.103 e. The number of hydrogen-bond acceptors (Lipinski definition) is 2. The maximum atomic E-state index is 12.9. The number of rotatable bonds is 2. The molecule has 1 N–H and O–H groups in total. The minimum atomic E-state index is -0.532. The summed E-state index contributed by atoms with van der Waals surface area (Å²) in [5.74, 6) is 0.805. The van der Waals surface area contributed by atoms with Crippen molar-refractivity contribution in [3.63, 3.8) is 0 Å². The highest BCUT2D eigenvalue weighted by atomic mass is 19.1. The molecular weight excluding hydrogens is 179 g/mol. The zero-order chi connectivity index (χ0) is 9.80. The van der Waals surface area contributed by atoms with Crippen LogP contribution in [0.4, 0.5) is 4.39 Å². The van der Waals surface area contributed by atoms with Gasteiger partial charge in [0.25, 0.3) is 0 Å². The quantitative estimate of drug-likeness (QED) is 0.725. The first-order valence-electron chi connectivity index (χ1n) is 5.92. The molecule has 2 rings (SSSR count). The Morgan fingerprint density at radius 3 is 2.64 bits per heavy atom. The molecule has 82 valence electrons. The van der Waals surface area contributed by atoms with Crippen molar-refractivity contribution in [2.75, 3.05) is 32.7 Å². The summed E-state index contributed by atoms with van der Waals surface area (Å²) in [6, 6.07) is 0. The molecule has 0 aromatic rings. The van der Waals surface area contributed by atoms with Crippen molar-refractivity contribution in [1.82, 2.24) is 10.2 Å². The predicted octanol–water partition coefficient (Wildman–Crippen LogP) is 1.42. The van der Waals surface area contributed by atoms with E-state index < -0.39 is 6.17 Å². The molecule has 0 amide bonds. The van der Waals surface area contributed by atoms with Gasteiger partial charge in [0.2, 0.25) is 0 Å². The summed E-state index contributed by atoms with van der Waals surface area (Å²) in [5.41, 5.74) is 0. The number of nitrogens with one attached hydrogen (secondary N) is 1. The van der Waals surface area contributed by atoms with Crippen LogP contribution in [0.15, 0.2) is 0 Å². The summed E-state index contributed by atoms with van der Waals surface area (Å²) in [6.45, 7) is 5.47. The lowest BCUT2D eigenvalue weighted by Crippen LogP contribution is -2.42. The van der Waals surface area contributed by atoms with Gasteiger partial charge in [-0.15, -0.1) is 0 Å². The largest absolute Gasteiger partial charge is 0.316 e. The van der Waals surface area contributed by atoms with Gasteiger partial charge >= 0.3 is 0 Å². The molecule has 1 unspecified atom stereocenters. The van der Waals surface area contributed by atoms with Crippen LogP contribution in [0.3, 0.4) is 0 Å². The van der Waals surface area contributed by atoms with Gasteiger partial charge in [0, 0.05) is 19.6 Å². The van der Waals surface area contributed by atoms with E-state index in [2.05, 4.69) is 10.2 Å². The highest BCUT2D eigenvalue weighted by Gasteiger charge is 2.21. The Morgan fingerprint density at radius 1 is 1.21 bits per heavy atom. The Morgan fingerprint density at radius 2 is 2.00 bits per heavy atom. The molecule has 0 aliphatic carbocycles. The lowest BCUT2D eigenvalue weighted by atomic mass is 9.98. The minimum Gasteiger partial charge on any atom is -0.316 e. The van der Waals surface area contributed by atoms with E-state index in [1.807, 2.05) is 0 Å². The monoisotopic (exact) mass is 200 g/mol. The Labute approximate surface area is 85.9 Å². The van der Waals surface area contributed by atoms with Crippen LogP contribution in [0.25, 0.3) is 0 Å². The molecule has 3 heteroatoms. The molecule has 2 fully saturated rings. The molecule has 2 aliphatic heterocycles. The Balaban J connectivity index is 1.68. The van der Waals surface area contributed by atoms with Crippen molar-refractivity contribution in [1.29, 1.82) is 0 Å². The molecule has 14 heavy (non-hydrogen) atoms. The normalized spacial score (nSPS) is 31.9. The van der Waals surface area contributed by atoms with E-state index >= 15 is 0 Å². The Bertz CT molecular complexity index is 161. The van der Waals surface area contributed by atoms with E-state index in [0.717, 1.165) is 38.4 Å². The second-order valence-corrected chi connectivity index (χ2v) is 4.69. The van der Waals surface area contributed by atoms with Crippen molar-refractivity contribution >= 4 is 0 Å². The van der Waals surface area contributed by atoms with Gasteiger partial charge < -0.3 is 10.2 Å². The summed E-state index contributed by atoms with van der Waals surface area (Å²) in [4.78, 5) is 2.44. The van der Waals surface area contributed by atoms with Gasteiger partial charge in [-0.25, -0.2) is 4.39 Å². The summed E-state index contributed by atoms with van der Waals surface area (Å²) in [5, 5.41) is 3.43. The van der Waals surface area contributed by atoms with Gasteiger partial charge in [-0.2, -0.15) is 0 Å². The highest BCUT2D eigenvalue weighted by Crippen LogP contribution is 2.17. The molecule has 1 atom stereocenters. The van der Waals surface area contributed by atoms with Crippen molar-refractivity contribution in [3.05, 3.63) is 0 Å². The fourth-order valence-electron chi connectivity index (χ4n) is 2.53. The minimum absolute atomic E-state index is 0.532. The number of likely N-dealkylation sites (tertiary alicyclic amines) is 1. The van der Waals surface area contributed by atoms with Crippen molar-refractivity contribution in [3.8, 4) is 0 Å². The van der Waals surface area contributed by atoms with Gasteiger partial charge in [0.15, 0.2) is 0 Å². The lowest BCUT2D eigenvalue weighted by Gasteiger charge is -2.33. The van der Waals surface area contributed by atoms with E-state index in [9.17, 15) is 4.39 Å². The first-order chi connectivity index (χ1) is 6.84. The highest BCUT2D eigenvalue weighted by molar-refractivity contribution is 4.77. The summed E-state index contributed by atoms with van der Waals surface area (Å²) < 4.78 is 12.9. The number of nitrogens with zero attached hydrogens (tertiary/aromatic N) is 1. The fourth-order valence-corrected chi connectivity index (χ4v) is 2.53. The second-order valence-electron chi connectivity index (χ2n) is 4.69. The van der Waals surface area contributed by atoms with Gasteiger partial charge in [-0.05, 0) is 44.7 Å². The molecule has 0 aromatic carbocycles. The van der Waals surface area contributed by atoms with Crippen molar-refractivity contribution < 1.29 is 4.39 Å². The Hall–Kier alpha value is -0.150. The number of alkyl halides is 1. The van der Waals surface area contributed by atoms with E-state index in [1.54, 1.807) is 0 Å². The van der Waals surface area contributed by atoms with E-state index in [1.165, 1.54) is 25.9 Å².